The van der Waals surface area contributed by atoms with E-state index in [9.17, 15) is 10.2 Å². The molecular weight excluding hydrogens is 308 g/mol. The molecule has 1 fully saturated rings. The molecule has 1 saturated carbocycles. The van der Waals surface area contributed by atoms with Gasteiger partial charge in [0.2, 0.25) is 14.1 Å². The van der Waals surface area contributed by atoms with Crippen LogP contribution in [0.15, 0.2) is 24.3 Å². The van der Waals surface area contributed by atoms with Crippen LogP contribution in [0.3, 0.4) is 0 Å². The Labute approximate surface area is 140 Å². The Bertz CT molecular complexity index is 560. The number of rotatable bonds is 5. The van der Waals surface area contributed by atoms with Crippen molar-refractivity contribution in [2.75, 3.05) is 7.11 Å². The van der Waals surface area contributed by atoms with Crippen molar-refractivity contribution in [1.82, 2.24) is 0 Å². The van der Waals surface area contributed by atoms with Crippen molar-refractivity contribution in [1.29, 1.82) is 0 Å². The van der Waals surface area contributed by atoms with Gasteiger partial charge in [-0.05, 0) is 49.5 Å². The Hall–Kier alpha value is -0.883. The molecule has 4 nitrogen and oxygen atoms in total. The van der Waals surface area contributed by atoms with Gasteiger partial charge in [-0.1, -0.05) is 32.9 Å². The van der Waals surface area contributed by atoms with E-state index in [0.717, 1.165) is 6.42 Å². The molecule has 0 aromatic heterocycles. The summed E-state index contributed by atoms with van der Waals surface area (Å²) >= 11 is 0. The van der Waals surface area contributed by atoms with Crippen LogP contribution in [0.4, 0.5) is 0 Å². The van der Waals surface area contributed by atoms with E-state index < -0.39 is 19.7 Å². The zero-order valence-electron chi connectivity index (χ0n) is 15.1. The highest BCUT2D eigenvalue weighted by Gasteiger charge is 2.55. The lowest BCUT2D eigenvalue weighted by Gasteiger charge is -2.48. The molecule has 0 saturated heterocycles. The average molecular weight is 339 g/mol. The first-order chi connectivity index (χ1) is 10.5. The van der Waals surface area contributed by atoms with E-state index >= 15 is 0 Å². The molecule has 0 amide bonds. The number of hydrogen-bond acceptors (Lipinski definition) is 4. The third-order valence-corrected chi connectivity index (χ3v) is 9.87. The molecule has 1 aliphatic carbocycles. The molecule has 0 radical (unpaired) electrons. The van der Waals surface area contributed by atoms with Gasteiger partial charge in [0.05, 0.1) is 0 Å². The second-order valence-corrected chi connectivity index (χ2v) is 12.8. The second-order valence-electron chi connectivity index (χ2n) is 8.12. The minimum Gasteiger partial charge on any atom is -0.543 e. The molecule has 0 aliphatic heterocycles. The fraction of sp³-hybridized carbons (Fsp3) is 0.667. The smallest absolute Gasteiger partial charge is 0.250 e. The fourth-order valence-corrected chi connectivity index (χ4v) is 3.67. The van der Waals surface area contributed by atoms with Crippen molar-refractivity contribution in [2.45, 2.75) is 69.6 Å². The van der Waals surface area contributed by atoms with E-state index in [1.54, 1.807) is 12.1 Å². The molecule has 0 bridgehead atoms. The van der Waals surface area contributed by atoms with Crippen molar-refractivity contribution in [3.05, 3.63) is 29.8 Å². The van der Waals surface area contributed by atoms with Gasteiger partial charge in [-0.15, -0.1) is 0 Å². The van der Waals surface area contributed by atoms with Crippen molar-refractivity contribution in [3.8, 4) is 5.75 Å². The fourth-order valence-electron chi connectivity index (χ4n) is 2.65. The third kappa shape index (κ3) is 3.20. The lowest BCUT2D eigenvalue weighted by atomic mass is 9.71. The number of aliphatic hydroxyl groups is 2. The van der Waals surface area contributed by atoms with E-state index in [2.05, 4.69) is 33.9 Å². The highest BCUT2D eigenvalue weighted by molar-refractivity contribution is 6.74. The highest BCUT2D eigenvalue weighted by atomic mass is 28.4. The van der Waals surface area contributed by atoms with E-state index in [0.29, 0.717) is 24.2 Å². The minimum atomic E-state index is -1.96. The maximum Gasteiger partial charge on any atom is 0.250 e. The van der Waals surface area contributed by atoms with Crippen LogP contribution in [0.5, 0.6) is 5.75 Å². The van der Waals surface area contributed by atoms with Gasteiger partial charge in [-0.3, -0.25) is 0 Å². The molecule has 2 N–H and O–H groups in total. The Morgan fingerprint density at radius 1 is 1.17 bits per heavy atom. The van der Waals surface area contributed by atoms with Gasteiger partial charge in [0.25, 0.3) is 0 Å². The molecule has 5 heteroatoms. The molecule has 1 atom stereocenters. The zero-order chi connectivity index (χ0) is 17.5. The van der Waals surface area contributed by atoms with Gasteiger partial charge in [-0.25, -0.2) is 0 Å². The quantitative estimate of drug-likeness (QED) is 0.634. The van der Waals surface area contributed by atoms with Crippen LogP contribution in [-0.2, 0) is 10.5 Å². The summed E-state index contributed by atoms with van der Waals surface area (Å²) in [5.74, 6) is -0.981. The molecular formula is C18H30O4Si. The van der Waals surface area contributed by atoms with Crippen LogP contribution in [0.25, 0.3) is 0 Å². The summed E-state index contributed by atoms with van der Waals surface area (Å²) in [5, 5.41) is 21.7. The standard InChI is InChI=1S/C18H30O4Si/c1-16(2,3)23(5,6)22-15-10-7-9-14(13-15)18(20,21-4)17(19)11-8-12-17/h7,9-10,13,19-20H,8,11-12H2,1-6H3. The van der Waals surface area contributed by atoms with Crippen molar-refractivity contribution >= 4 is 8.32 Å². The Morgan fingerprint density at radius 3 is 2.22 bits per heavy atom. The van der Waals surface area contributed by atoms with E-state index in [1.165, 1.54) is 7.11 Å². The molecule has 0 heterocycles. The minimum absolute atomic E-state index is 0.0900. The van der Waals surface area contributed by atoms with Gasteiger partial charge >= 0.3 is 0 Å². The van der Waals surface area contributed by atoms with Gasteiger partial charge in [0.15, 0.2) is 0 Å². The van der Waals surface area contributed by atoms with Crippen LogP contribution in [0.1, 0.15) is 45.6 Å². The van der Waals surface area contributed by atoms with Crippen LogP contribution in [-0.4, -0.2) is 31.2 Å². The van der Waals surface area contributed by atoms with Gasteiger partial charge in [-0.2, -0.15) is 0 Å². The second kappa shape index (κ2) is 5.88. The lowest BCUT2D eigenvalue weighted by Crippen LogP contribution is -2.57. The molecule has 23 heavy (non-hydrogen) atoms. The highest BCUT2D eigenvalue weighted by Crippen LogP contribution is 2.47. The summed E-state index contributed by atoms with van der Waals surface area (Å²) in [6.07, 6.45) is 1.96. The molecule has 130 valence electrons. The van der Waals surface area contributed by atoms with Gasteiger partial charge in [0.1, 0.15) is 11.4 Å². The maximum atomic E-state index is 10.9. The first kappa shape index (κ1) is 18.5. The SMILES string of the molecule is COC(O)(c1cccc(O[Si](C)(C)C(C)(C)C)c1)C1(O)CCC1. The van der Waals surface area contributed by atoms with Crippen molar-refractivity contribution < 1.29 is 19.4 Å². The topological polar surface area (TPSA) is 58.9 Å². The van der Waals surface area contributed by atoms with Crippen LogP contribution < -0.4 is 4.43 Å². The predicted molar refractivity (Wildman–Crippen MR) is 94.0 cm³/mol. The predicted octanol–water partition coefficient (Wildman–Crippen LogP) is 3.78. The normalized spacial score (nSPS) is 20.5. The lowest BCUT2D eigenvalue weighted by molar-refractivity contribution is -0.321. The van der Waals surface area contributed by atoms with Crippen molar-refractivity contribution in [3.63, 3.8) is 0 Å². The molecule has 1 aromatic carbocycles. The number of methoxy groups -OCH3 is 1. The monoisotopic (exact) mass is 338 g/mol. The van der Waals surface area contributed by atoms with E-state index in [1.807, 2.05) is 12.1 Å². The molecule has 0 spiro atoms. The third-order valence-electron chi connectivity index (χ3n) is 5.51. The number of hydrogen-bond donors (Lipinski definition) is 2. The average Bonchev–Trinajstić information content (AvgIpc) is 2.42. The largest absolute Gasteiger partial charge is 0.543 e. The van der Waals surface area contributed by atoms with E-state index in [4.69, 9.17) is 9.16 Å². The molecule has 1 unspecified atom stereocenters. The molecule has 1 aromatic rings. The zero-order valence-corrected chi connectivity index (χ0v) is 16.1. The summed E-state index contributed by atoms with van der Waals surface area (Å²) in [4.78, 5) is 0. The molecule has 1 aliphatic rings. The van der Waals surface area contributed by atoms with E-state index in [-0.39, 0.29) is 5.04 Å². The van der Waals surface area contributed by atoms with Crippen LogP contribution >= 0.6 is 0 Å². The first-order valence-corrected chi connectivity index (χ1v) is 11.2. The summed E-state index contributed by atoms with van der Waals surface area (Å²) < 4.78 is 11.6. The molecule has 2 rings (SSSR count). The Balaban J connectivity index is 2.33. The number of benzene rings is 1. The number of ether oxygens (including phenoxy) is 1. The first-order valence-electron chi connectivity index (χ1n) is 8.25. The van der Waals surface area contributed by atoms with Crippen molar-refractivity contribution in [2.24, 2.45) is 0 Å². The Kier molecular flexibility index (Phi) is 4.72. The van der Waals surface area contributed by atoms with Gasteiger partial charge in [0, 0.05) is 12.7 Å². The summed E-state index contributed by atoms with van der Waals surface area (Å²) in [6, 6.07) is 7.30. The summed E-state index contributed by atoms with van der Waals surface area (Å²) in [7, 11) is -0.535. The Morgan fingerprint density at radius 2 is 1.78 bits per heavy atom. The maximum absolute atomic E-state index is 10.9. The van der Waals surface area contributed by atoms with Crippen LogP contribution in [0, 0.1) is 0 Å². The van der Waals surface area contributed by atoms with Gasteiger partial charge < -0.3 is 19.4 Å². The van der Waals surface area contributed by atoms with Crippen LogP contribution in [0.2, 0.25) is 18.1 Å². The summed E-state index contributed by atoms with van der Waals surface area (Å²) in [6.45, 7) is 10.9. The summed E-state index contributed by atoms with van der Waals surface area (Å²) in [5.41, 5.74) is -0.685.